The number of ether oxygens (including phenoxy) is 2. The predicted molar refractivity (Wildman–Crippen MR) is 80.7 cm³/mol. The van der Waals surface area contributed by atoms with Gasteiger partial charge in [0, 0.05) is 24.0 Å². The summed E-state index contributed by atoms with van der Waals surface area (Å²) >= 11 is 3.45. The molecule has 0 bridgehead atoms. The molecule has 20 heavy (non-hydrogen) atoms. The number of hydrogen-bond donors (Lipinski definition) is 1. The Balaban J connectivity index is 1.71. The second-order valence-corrected chi connectivity index (χ2v) is 6.71. The molecular formula is C14H23BrN2O3. The second-order valence-electron chi connectivity index (χ2n) is 5.69. The molecule has 2 aliphatic heterocycles. The van der Waals surface area contributed by atoms with Gasteiger partial charge in [-0.15, -0.1) is 0 Å². The highest BCUT2D eigenvalue weighted by atomic mass is 79.9. The van der Waals surface area contributed by atoms with Crippen LogP contribution in [0.15, 0.2) is 10.6 Å². The van der Waals surface area contributed by atoms with E-state index in [-0.39, 0.29) is 6.03 Å². The third-order valence-corrected chi connectivity index (χ3v) is 4.19. The minimum atomic E-state index is -0.485. The summed E-state index contributed by atoms with van der Waals surface area (Å²) in [6.45, 7) is 7.45. The molecule has 2 heterocycles. The Kier molecular flexibility index (Phi) is 5.46. The number of hydrogen-bond acceptors (Lipinski definition) is 3. The maximum Gasteiger partial charge on any atom is 0.317 e. The first-order valence-corrected chi connectivity index (χ1v) is 7.93. The molecule has 114 valence electrons. The SMILES string of the molecule is C[C@@H](CNC(=O)N1CCC=C(Br)C1)CC1(C)OCCO1. The van der Waals surface area contributed by atoms with E-state index in [0.29, 0.717) is 32.2 Å². The fourth-order valence-electron chi connectivity index (χ4n) is 2.63. The number of rotatable bonds is 4. The zero-order valence-corrected chi connectivity index (χ0v) is 13.7. The number of carbonyl (C=O) groups excluding carboxylic acids is 1. The molecule has 0 saturated carbocycles. The Morgan fingerprint density at radius 1 is 1.55 bits per heavy atom. The molecule has 0 aromatic rings. The van der Waals surface area contributed by atoms with Gasteiger partial charge in [-0.1, -0.05) is 28.9 Å². The largest absolute Gasteiger partial charge is 0.348 e. The van der Waals surface area contributed by atoms with Crippen molar-refractivity contribution in [2.75, 3.05) is 32.8 Å². The molecule has 5 nitrogen and oxygen atoms in total. The first kappa shape index (κ1) is 15.8. The molecule has 2 amide bonds. The number of halogens is 1. The molecule has 0 aromatic carbocycles. The molecule has 0 aliphatic carbocycles. The number of amides is 2. The van der Waals surface area contributed by atoms with Crippen molar-refractivity contribution in [3.8, 4) is 0 Å². The van der Waals surface area contributed by atoms with Gasteiger partial charge in [-0.25, -0.2) is 4.79 Å². The van der Waals surface area contributed by atoms with E-state index in [9.17, 15) is 4.79 Å². The van der Waals surface area contributed by atoms with Crippen LogP contribution in [0.1, 0.15) is 26.7 Å². The van der Waals surface area contributed by atoms with Gasteiger partial charge in [-0.3, -0.25) is 0 Å². The minimum absolute atomic E-state index is 0.000289. The van der Waals surface area contributed by atoms with Crippen molar-refractivity contribution in [3.63, 3.8) is 0 Å². The molecule has 0 unspecified atom stereocenters. The molecular weight excluding hydrogens is 324 g/mol. The Morgan fingerprint density at radius 3 is 2.90 bits per heavy atom. The molecule has 0 radical (unpaired) electrons. The Bertz CT molecular complexity index is 381. The van der Waals surface area contributed by atoms with Gasteiger partial charge >= 0.3 is 6.03 Å². The Morgan fingerprint density at radius 2 is 2.25 bits per heavy atom. The third-order valence-electron chi connectivity index (χ3n) is 3.61. The lowest BCUT2D eigenvalue weighted by molar-refractivity contribution is -0.153. The van der Waals surface area contributed by atoms with Crippen LogP contribution in [0.25, 0.3) is 0 Å². The zero-order valence-electron chi connectivity index (χ0n) is 12.2. The lowest BCUT2D eigenvalue weighted by atomic mass is 10.0. The van der Waals surface area contributed by atoms with Gasteiger partial charge in [-0.2, -0.15) is 0 Å². The summed E-state index contributed by atoms with van der Waals surface area (Å²) in [5.41, 5.74) is 0. The Hall–Kier alpha value is -0.590. The lowest BCUT2D eigenvalue weighted by Gasteiger charge is -2.28. The van der Waals surface area contributed by atoms with Crippen LogP contribution < -0.4 is 5.32 Å². The van der Waals surface area contributed by atoms with Crippen molar-refractivity contribution in [3.05, 3.63) is 10.6 Å². The van der Waals surface area contributed by atoms with Gasteiger partial charge < -0.3 is 19.7 Å². The molecule has 1 fully saturated rings. The first-order valence-electron chi connectivity index (χ1n) is 7.14. The number of nitrogens with one attached hydrogen (secondary N) is 1. The second kappa shape index (κ2) is 6.91. The van der Waals surface area contributed by atoms with Crippen LogP contribution in [0.3, 0.4) is 0 Å². The highest BCUT2D eigenvalue weighted by Gasteiger charge is 2.32. The highest BCUT2D eigenvalue weighted by molar-refractivity contribution is 9.11. The van der Waals surface area contributed by atoms with E-state index in [4.69, 9.17) is 9.47 Å². The van der Waals surface area contributed by atoms with E-state index in [1.54, 1.807) is 0 Å². The molecule has 1 N–H and O–H groups in total. The van der Waals surface area contributed by atoms with Gasteiger partial charge in [0.1, 0.15) is 0 Å². The standard InChI is InChI=1S/C14H23BrN2O3/c1-11(8-14(2)19-6-7-20-14)9-16-13(18)17-5-3-4-12(15)10-17/h4,11H,3,5-10H2,1-2H3,(H,16,18)/t11-/m1/s1. The first-order chi connectivity index (χ1) is 9.48. The smallest absolute Gasteiger partial charge is 0.317 e. The predicted octanol–water partition coefficient (Wildman–Crippen LogP) is 2.47. The van der Waals surface area contributed by atoms with Crippen LogP contribution in [0.4, 0.5) is 4.79 Å². The quantitative estimate of drug-likeness (QED) is 0.850. The molecule has 1 saturated heterocycles. The molecule has 6 heteroatoms. The van der Waals surface area contributed by atoms with Crippen molar-refractivity contribution in [1.29, 1.82) is 0 Å². The average molecular weight is 347 g/mol. The monoisotopic (exact) mass is 346 g/mol. The fourth-order valence-corrected chi connectivity index (χ4v) is 3.16. The average Bonchev–Trinajstić information content (AvgIpc) is 2.82. The lowest BCUT2D eigenvalue weighted by Crippen LogP contribution is -2.44. The number of carbonyl (C=O) groups is 1. The number of urea groups is 1. The zero-order chi connectivity index (χ0) is 14.6. The summed E-state index contributed by atoms with van der Waals surface area (Å²) in [6.07, 6.45) is 3.81. The van der Waals surface area contributed by atoms with Crippen LogP contribution in [0.5, 0.6) is 0 Å². The molecule has 1 atom stereocenters. The third kappa shape index (κ3) is 4.46. The van der Waals surface area contributed by atoms with Gasteiger partial charge in [0.05, 0.1) is 19.8 Å². The van der Waals surface area contributed by atoms with Crippen LogP contribution in [0, 0.1) is 5.92 Å². The minimum Gasteiger partial charge on any atom is -0.348 e. The molecule has 2 rings (SSSR count). The topological polar surface area (TPSA) is 50.8 Å². The van der Waals surface area contributed by atoms with Crippen molar-refractivity contribution in [2.24, 2.45) is 5.92 Å². The van der Waals surface area contributed by atoms with Crippen molar-refractivity contribution in [2.45, 2.75) is 32.5 Å². The van der Waals surface area contributed by atoms with Crippen molar-refractivity contribution >= 4 is 22.0 Å². The van der Waals surface area contributed by atoms with E-state index >= 15 is 0 Å². The van der Waals surface area contributed by atoms with Crippen molar-refractivity contribution in [1.82, 2.24) is 10.2 Å². The molecule has 0 aromatic heterocycles. The van der Waals surface area contributed by atoms with E-state index in [0.717, 1.165) is 23.9 Å². The van der Waals surface area contributed by atoms with Crippen LogP contribution in [-0.4, -0.2) is 49.6 Å². The van der Waals surface area contributed by atoms with E-state index in [1.807, 2.05) is 11.8 Å². The van der Waals surface area contributed by atoms with Gasteiger partial charge in [0.15, 0.2) is 5.79 Å². The van der Waals surface area contributed by atoms with Crippen LogP contribution >= 0.6 is 15.9 Å². The fraction of sp³-hybridized carbons (Fsp3) is 0.786. The van der Waals surface area contributed by atoms with Crippen molar-refractivity contribution < 1.29 is 14.3 Å². The van der Waals surface area contributed by atoms with E-state index in [2.05, 4.69) is 34.2 Å². The van der Waals surface area contributed by atoms with Gasteiger partial charge in [-0.05, 0) is 19.3 Å². The maximum atomic E-state index is 12.1. The summed E-state index contributed by atoms with van der Waals surface area (Å²) < 4.78 is 12.3. The van der Waals surface area contributed by atoms with Crippen LogP contribution in [0.2, 0.25) is 0 Å². The summed E-state index contributed by atoms with van der Waals surface area (Å²) in [5, 5.41) is 2.99. The molecule has 2 aliphatic rings. The van der Waals surface area contributed by atoms with Gasteiger partial charge in [0.25, 0.3) is 0 Å². The summed E-state index contributed by atoms with van der Waals surface area (Å²) in [7, 11) is 0. The summed E-state index contributed by atoms with van der Waals surface area (Å²) in [5.74, 6) is -0.174. The number of nitrogens with zero attached hydrogens (tertiary/aromatic N) is 1. The maximum absolute atomic E-state index is 12.1. The highest BCUT2D eigenvalue weighted by Crippen LogP contribution is 2.26. The van der Waals surface area contributed by atoms with Gasteiger partial charge in [0.2, 0.25) is 0 Å². The van der Waals surface area contributed by atoms with Crippen LogP contribution in [-0.2, 0) is 9.47 Å². The normalized spacial score (nSPS) is 23.4. The molecule has 0 spiro atoms. The summed E-state index contributed by atoms with van der Waals surface area (Å²) in [6, 6.07) is 0.000289. The summed E-state index contributed by atoms with van der Waals surface area (Å²) in [4.78, 5) is 13.9. The Labute approximate surface area is 128 Å². The van der Waals surface area contributed by atoms with E-state index in [1.165, 1.54) is 0 Å². The van der Waals surface area contributed by atoms with E-state index < -0.39 is 5.79 Å².